The summed E-state index contributed by atoms with van der Waals surface area (Å²) in [6.45, 7) is 7.52. The summed E-state index contributed by atoms with van der Waals surface area (Å²) >= 11 is 6.07. The average molecular weight is 379 g/mol. The van der Waals surface area contributed by atoms with E-state index in [-0.39, 0.29) is 17.9 Å². The number of nitrogens with one attached hydrogen (secondary N) is 1. The molecule has 2 aliphatic heterocycles. The van der Waals surface area contributed by atoms with Crippen LogP contribution in [0.4, 0.5) is 5.69 Å². The molecule has 2 amide bonds. The van der Waals surface area contributed by atoms with E-state index >= 15 is 0 Å². The lowest BCUT2D eigenvalue weighted by Crippen LogP contribution is -2.50. The number of rotatable bonds is 5. The molecule has 1 atom stereocenters. The lowest BCUT2D eigenvalue weighted by molar-refractivity contribution is -0.136. The number of amides is 2. The van der Waals surface area contributed by atoms with Gasteiger partial charge in [0.1, 0.15) is 6.04 Å². The second-order valence-electron chi connectivity index (χ2n) is 6.97. The van der Waals surface area contributed by atoms with Gasteiger partial charge in [-0.1, -0.05) is 17.7 Å². The van der Waals surface area contributed by atoms with E-state index < -0.39 is 0 Å². The summed E-state index contributed by atoms with van der Waals surface area (Å²) in [6, 6.07) is 7.67. The van der Waals surface area contributed by atoms with E-state index in [0.29, 0.717) is 13.1 Å². The largest absolute Gasteiger partial charge is 0.369 e. The molecule has 0 bridgehead atoms. The highest BCUT2D eigenvalue weighted by atomic mass is 35.5. The molecule has 0 aliphatic carbocycles. The van der Waals surface area contributed by atoms with Gasteiger partial charge in [-0.2, -0.15) is 0 Å². The molecule has 0 radical (unpaired) electrons. The summed E-state index contributed by atoms with van der Waals surface area (Å²) in [5, 5.41) is 3.76. The number of anilines is 1. The Labute approximate surface area is 160 Å². The topological polar surface area (TPSA) is 55.9 Å². The van der Waals surface area contributed by atoms with Crippen molar-refractivity contribution >= 4 is 29.1 Å². The molecule has 0 saturated carbocycles. The maximum atomic E-state index is 12.3. The third-order valence-electron chi connectivity index (χ3n) is 5.23. The molecule has 7 heteroatoms. The lowest BCUT2D eigenvalue weighted by Gasteiger charge is -2.36. The standard InChI is InChI=1S/C19H27ClN4O2/c1-15(25)24-8-3-6-18(24)19(26)21-7-9-22-10-12-23(13-11-22)17-5-2-4-16(20)14-17/h2,4-5,14,18H,3,6-13H2,1H3,(H,21,26)/t18-/m0/s1. The number of likely N-dealkylation sites (tertiary alicyclic amines) is 1. The monoisotopic (exact) mass is 378 g/mol. The number of carbonyl (C=O) groups is 2. The minimum absolute atomic E-state index is 0.0141. The van der Waals surface area contributed by atoms with Crippen LogP contribution in [-0.4, -0.2) is 73.5 Å². The first kappa shape index (κ1) is 19.0. The average Bonchev–Trinajstić information content (AvgIpc) is 3.12. The van der Waals surface area contributed by atoms with Crippen molar-refractivity contribution in [2.24, 2.45) is 0 Å². The van der Waals surface area contributed by atoms with E-state index in [1.807, 2.05) is 18.2 Å². The molecule has 2 aliphatic rings. The zero-order chi connectivity index (χ0) is 18.5. The van der Waals surface area contributed by atoms with Gasteiger partial charge in [-0.3, -0.25) is 14.5 Å². The third kappa shape index (κ3) is 4.68. The van der Waals surface area contributed by atoms with E-state index in [2.05, 4.69) is 21.2 Å². The molecule has 2 saturated heterocycles. The van der Waals surface area contributed by atoms with Gasteiger partial charge in [0.15, 0.2) is 0 Å². The van der Waals surface area contributed by atoms with Gasteiger partial charge in [0, 0.05) is 63.4 Å². The Bertz CT molecular complexity index is 646. The molecule has 6 nitrogen and oxygen atoms in total. The molecule has 2 fully saturated rings. The molecule has 142 valence electrons. The fraction of sp³-hybridized carbons (Fsp3) is 0.579. The summed E-state index contributed by atoms with van der Waals surface area (Å²) in [5.74, 6) is -0.0324. The highest BCUT2D eigenvalue weighted by Gasteiger charge is 2.32. The van der Waals surface area contributed by atoms with E-state index in [1.54, 1.807) is 4.90 Å². The zero-order valence-electron chi connectivity index (χ0n) is 15.3. The van der Waals surface area contributed by atoms with Gasteiger partial charge < -0.3 is 15.1 Å². The Balaban J connectivity index is 1.39. The summed E-state index contributed by atoms with van der Waals surface area (Å²) in [5.41, 5.74) is 1.16. The van der Waals surface area contributed by atoms with Crippen LogP contribution in [0.5, 0.6) is 0 Å². The number of hydrogen-bond acceptors (Lipinski definition) is 4. The fourth-order valence-corrected chi connectivity index (χ4v) is 3.96. The second-order valence-corrected chi connectivity index (χ2v) is 7.41. The predicted molar refractivity (Wildman–Crippen MR) is 104 cm³/mol. The van der Waals surface area contributed by atoms with Gasteiger partial charge >= 0.3 is 0 Å². The Morgan fingerprint density at radius 1 is 1.19 bits per heavy atom. The number of nitrogens with zero attached hydrogens (tertiary/aromatic N) is 3. The predicted octanol–water partition coefficient (Wildman–Crippen LogP) is 1.59. The normalized spacial score (nSPS) is 21.1. The van der Waals surface area contributed by atoms with Crippen LogP contribution in [0.25, 0.3) is 0 Å². The van der Waals surface area contributed by atoms with Crippen molar-refractivity contribution in [3.8, 4) is 0 Å². The van der Waals surface area contributed by atoms with Gasteiger partial charge in [-0.05, 0) is 31.0 Å². The van der Waals surface area contributed by atoms with Gasteiger partial charge in [0.25, 0.3) is 0 Å². The number of halogens is 1. The molecular weight excluding hydrogens is 352 g/mol. The number of piperazine rings is 1. The highest BCUT2D eigenvalue weighted by molar-refractivity contribution is 6.30. The summed E-state index contributed by atoms with van der Waals surface area (Å²) in [4.78, 5) is 30.3. The van der Waals surface area contributed by atoms with Crippen molar-refractivity contribution in [3.05, 3.63) is 29.3 Å². The SMILES string of the molecule is CC(=O)N1CCC[C@H]1C(=O)NCCN1CCN(c2cccc(Cl)c2)CC1. The van der Waals surface area contributed by atoms with Crippen LogP contribution in [0.3, 0.4) is 0 Å². The molecule has 26 heavy (non-hydrogen) atoms. The van der Waals surface area contributed by atoms with Crippen molar-refractivity contribution < 1.29 is 9.59 Å². The van der Waals surface area contributed by atoms with Crippen LogP contribution in [0, 0.1) is 0 Å². The maximum Gasteiger partial charge on any atom is 0.242 e. The molecule has 0 spiro atoms. The van der Waals surface area contributed by atoms with E-state index in [9.17, 15) is 9.59 Å². The number of hydrogen-bond donors (Lipinski definition) is 1. The number of carbonyl (C=O) groups excluding carboxylic acids is 2. The summed E-state index contributed by atoms with van der Waals surface area (Å²) in [7, 11) is 0. The van der Waals surface area contributed by atoms with Gasteiger partial charge in [-0.25, -0.2) is 0 Å². The first-order chi connectivity index (χ1) is 12.5. The van der Waals surface area contributed by atoms with Gasteiger partial charge in [-0.15, -0.1) is 0 Å². The smallest absolute Gasteiger partial charge is 0.242 e. The van der Waals surface area contributed by atoms with Crippen molar-refractivity contribution in [1.82, 2.24) is 15.1 Å². The van der Waals surface area contributed by atoms with Crippen LogP contribution in [0.15, 0.2) is 24.3 Å². The van der Waals surface area contributed by atoms with Crippen molar-refractivity contribution in [2.75, 3.05) is 50.7 Å². The van der Waals surface area contributed by atoms with Crippen molar-refractivity contribution in [1.29, 1.82) is 0 Å². The molecule has 0 unspecified atom stereocenters. The van der Waals surface area contributed by atoms with Gasteiger partial charge in [0.2, 0.25) is 11.8 Å². The third-order valence-corrected chi connectivity index (χ3v) is 5.47. The zero-order valence-corrected chi connectivity index (χ0v) is 16.0. The lowest BCUT2D eigenvalue weighted by atomic mass is 10.2. The van der Waals surface area contributed by atoms with E-state index in [4.69, 9.17) is 11.6 Å². The Hall–Kier alpha value is -1.79. The van der Waals surface area contributed by atoms with Crippen LogP contribution in [0.2, 0.25) is 5.02 Å². The molecular formula is C19H27ClN4O2. The van der Waals surface area contributed by atoms with Crippen molar-refractivity contribution in [3.63, 3.8) is 0 Å². The minimum Gasteiger partial charge on any atom is -0.369 e. The minimum atomic E-state index is -0.285. The van der Waals surface area contributed by atoms with Crippen LogP contribution in [0.1, 0.15) is 19.8 Å². The van der Waals surface area contributed by atoms with Crippen molar-refractivity contribution in [2.45, 2.75) is 25.8 Å². The fourth-order valence-electron chi connectivity index (χ4n) is 3.77. The van der Waals surface area contributed by atoms with E-state index in [0.717, 1.165) is 56.3 Å². The Morgan fingerprint density at radius 3 is 2.65 bits per heavy atom. The molecule has 3 rings (SSSR count). The number of benzene rings is 1. The summed E-state index contributed by atoms with van der Waals surface area (Å²) in [6.07, 6.45) is 1.67. The molecule has 2 heterocycles. The maximum absolute atomic E-state index is 12.3. The van der Waals surface area contributed by atoms with E-state index in [1.165, 1.54) is 6.92 Å². The van der Waals surface area contributed by atoms with Crippen LogP contribution < -0.4 is 10.2 Å². The molecule has 1 aromatic rings. The van der Waals surface area contributed by atoms with Gasteiger partial charge in [0.05, 0.1) is 0 Å². The highest BCUT2D eigenvalue weighted by Crippen LogP contribution is 2.21. The molecule has 0 aromatic heterocycles. The first-order valence-corrected chi connectivity index (χ1v) is 9.70. The first-order valence-electron chi connectivity index (χ1n) is 9.32. The second kappa shape index (κ2) is 8.73. The summed E-state index contributed by atoms with van der Waals surface area (Å²) < 4.78 is 0. The van der Waals surface area contributed by atoms with Crippen LogP contribution in [-0.2, 0) is 9.59 Å². The van der Waals surface area contributed by atoms with Crippen LogP contribution >= 0.6 is 11.6 Å². The Morgan fingerprint density at radius 2 is 1.96 bits per heavy atom. The quantitative estimate of drug-likeness (QED) is 0.845. The molecule has 1 aromatic carbocycles. The molecule has 1 N–H and O–H groups in total. The Kier molecular flexibility index (Phi) is 6.38.